The first-order valence-electron chi connectivity index (χ1n) is 13.6. The maximum atomic E-state index is 13.7. The second kappa shape index (κ2) is 15.1. The number of ether oxygens (including phenoxy) is 2. The number of carbonyl (C=O) groups is 3. The average Bonchev–Trinajstić information content (AvgIpc) is 3.26. The summed E-state index contributed by atoms with van der Waals surface area (Å²) in [6.45, 7) is 9.22. The number of benzene rings is 2. The van der Waals surface area contributed by atoms with Crippen LogP contribution < -0.4 is 10.6 Å². The van der Waals surface area contributed by atoms with Crippen LogP contribution in [0.5, 0.6) is 0 Å². The van der Waals surface area contributed by atoms with Crippen LogP contribution in [-0.2, 0) is 32.0 Å². The number of rotatable bonds is 13. The Morgan fingerprint density at radius 3 is 2.50 bits per heavy atom. The van der Waals surface area contributed by atoms with E-state index in [0.717, 1.165) is 16.7 Å². The molecular weight excluding hydrogens is 530 g/mol. The summed E-state index contributed by atoms with van der Waals surface area (Å²) in [7, 11) is 0. The third-order valence-electron chi connectivity index (χ3n) is 6.90. The van der Waals surface area contributed by atoms with Gasteiger partial charge in [0.05, 0.1) is 18.5 Å². The number of thioether (sulfide) groups is 1. The van der Waals surface area contributed by atoms with Gasteiger partial charge in [-0.2, -0.15) is 0 Å². The lowest BCUT2D eigenvalue weighted by Gasteiger charge is -2.33. The highest BCUT2D eigenvalue weighted by Gasteiger charge is 2.49. The number of nitrogens with one attached hydrogen (secondary N) is 2. The Morgan fingerprint density at radius 1 is 1.10 bits per heavy atom. The molecule has 0 radical (unpaired) electrons. The minimum atomic E-state index is -1.59. The highest BCUT2D eigenvalue weighted by Crippen LogP contribution is 2.40. The largest absolute Gasteiger partial charge is 0.449 e. The van der Waals surface area contributed by atoms with Crippen LogP contribution in [0.25, 0.3) is 0 Å². The van der Waals surface area contributed by atoms with E-state index in [-0.39, 0.29) is 24.8 Å². The lowest BCUT2D eigenvalue weighted by Crippen LogP contribution is -2.58. The topological polar surface area (TPSA) is 117 Å². The van der Waals surface area contributed by atoms with Gasteiger partial charge in [0, 0.05) is 30.9 Å². The average molecular weight is 572 g/mol. The Hall–Kier alpha value is -3.08. The zero-order valence-corrected chi connectivity index (χ0v) is 24.5. The summed E-state index contributed by atoms with van der Waals surface area (Å²) in [5.41, 5.74) is 2.88. The van der Waals surface area contributed by atoms with Crippen molar-refractivity contribution in [3.8, 4) is 0 Å². The molecule has 10 heteroatoms. The van der Waals surface area contributed by atoms with Crippen molar-refractivity contribution in [3.05, 3.63) is 71.3 Å². The van der Waals surface area contributed by atoms with Gasteiger partial charge in [0.2, 0.25) is 5.91 Å². The van der Waals surface area contributed by atoms with Gasteiger partial charge in [-0.25, -0.2) is 4.79 Å². The molecule has 1 aliphatic rings. The van der Waals surface area contributed by atoms with Gasteiger partial charge in [-0.3, -0.25) is 9.59 Å². The van der Waals surface area contributed by atoms with Crippen molar-refractivity contribution in [3.63, 3.8) is 0 Å². The Balaban J connectivity index is 1.72. The van der Waals surface area contributed by atoms with E-state index in [9.17, 15) is 19.5 Å². The second-order valence-corrected chi connectivity index (χ2v) is 11.9. The molecule has 3 rings (SSSR count). The quantitative estimate of drug-likeness (QED) is 0.316. The Morgan fingerprint density at radius 2 is 1.80 bits per heavy atom. The van der Waals surface area contributed by atoms with Gasteiger partial charge in [0.25, 0.3) is 5.91 Å². The van der Waals surface area contributed by atoms with Gasteiger partial charge in [-0.15, -0.1) is 11.8 Å². The molecule has 0 aromatic heterocycles. The minimum absolute atomic E-state index is 0.147. The number of aliphatic hydroxyl groups is 1. The second-order valence-electron chi connectivity index (χ2n) is 10.3. The first-order chi connectivity index (χ1) is 19.1. The van der Waals surface area contributed by atoms with Crippen molar-refractivity contribution >= 4 is 29.7 Å². The van der Waals surface area contributed by atoms with Gasteiger partial charge in [-0.05, 0) is 50.8 Å². The van der Waals surface area contributed by atoms with Gasteiger partial charge in [-0.1, -0.05) is 54.6 Å². The van der Waals surface area contributed by atoms with Gasteiger partial charge < -0.3 is 30.1 Å². The predicted molar refractivity (Wildman–Crippen MR) is 156 cm³/mol. The Bertz CT molecular complexity index is 1130. The van der Waals surface area contributed by atoms with E-state index in [1.54, 1.807) is 0 Å². The van der Waals surface area contributed by atoms with Crippen molar-refractivity contribution in [2.45, 2.75) is 70.0 Å². The molecule has 3 amide bonds. The molecule has 1 heterocycles. The van der Waals surface area contributed by atoms with Crippen molar-refractivity contribution in [2.24, 2.45) is 0 Å². The Kier molecular flexibility index (Phi) is 11.8. The van der Waals surface area contributed by atoms with E-state index < -0.39 is 34.9 Å². The van der Waals surface area contributed by atoms with E-state index in [4.69, 9.17) is 9.47 Å². The first kappa shape index (κ1) is 31.4. The van der Waals surface area contributed by atoms with Crippen molar-refractivity contribution in [1.29, 1.82) is 0 Å². The lowest BCUT2D eigenvalue weighted by molar-refractivity contribution is -0.147. The Labute approximate surface area is 241 Å². The molecule has 3 atom stereocenters. The molecule has 3 unspecified atom stereocenters. The number of carbonyl (C=O) groups excluding carboxylic acids is 3. The fourth-order valence-corrected chi connectivity index (χ4v) is 5.76. The summed E-state index contributed by atoms with van der Waals surface area (Å²) in [6.07, 6.45) is -1.58. The van der Waals surface area contributed by atoms with E-state index >= 15 is 0 Å². The molecule has 0 bridgehead atoms. The van der Waals surface area contributed by atoms with Crippen molar-refractivity contribution < 1.29 is 29.0 Å². The van der Waals surface area contributed by atoms with Crippen molar-refractivity contribution in [1.82, 2.24) is 15.5 Å². The van der Waals surface area contributed by atoms with Crippen LogP contribution in [0.4, 0.5) is 4.79 Å². The summed E-state index contributed by atoms with van der Waals surface area (Å²) in [6, 6.07) is 15.3. The van der Waals surface area contributed by atoms with Crippen LogP contribution in [0.1, 0.15) is 43.9 Å². The number of nitrogens with zero attached hydrogens (tertiary/aromatic N) is 1. The molecule has 2 aromatic rings. The summed E-state index contributed by atoms with van der Waals surface area (Å²) in [4.78, 5) is 41.1. The molecule has 218 valence electrons. The number of hydrogen-bond acceptors (Lipinski definition) is 7. The van der Waals surface area contributed by atoms with Gasteiger partial charge in [0.15, 0.2) is 6.10 Å². The summed E-state index contributed by atoms with van der Waals surface area (Å²) in [5.74, 6) is -0.669. The molecule has 1 fully saturated rings. The molecule has 2 aromatic carbocycles. The number of aliphatic hydroxyl groups excluding tert-OH is 1. The summed E-state index contributed by atoms with van der Waals surface area (Å²) >= 11 is 1.47. The zero-order chi connectivity index (χ0) is 29.1. The fourth-order valence-electron chi connectivity index (χ4n) is 4.62. The maximum absolute atomic E-state index is 13.7. The molecule has 40 heavy (non-hydrogen) atoms. The first-order valence-corrected chi connectivity index (χ1v) is 14.6. The molecule has 3 N–H and O–H groups in total. The number of amides is 3. The molecule has 0 saturated carbocycles. The summed E-state index contributed by atoms with van der Waals surface area (Å²) < 4.78 is 9.94. The third-order valence-corrected chi connectivity index (χ3v) is 8.27. The van der Waals surface area contributed by atoms with Crippen LogP contribution in [0, 0.1) is 6.92 Å². The van der Waals surface area contributed by atoms with E-state index in [1.807, 2.05) is 82.3 Å². The number of alkyl carbamates (subject to hydrolysis) is 1. The number of aryl methyl sites for hydroxylation is 1. The molecule has 0 aliphatic carbocycles. The SMILES string of the molecule is CCOCCCOC(=O)NC(Cc1ccccc1)C(O)C(=O)N1CSC(C)(C)C1C(=O)NCc1ccccc1C. The third kappa shape index (κ3) is 8.71. The molecule has 1 aliphatic heterocycles. The van der Waals surface area contributed by atoms with Gasteiger partial charge >= 0.3 is 6.09 Å². The monoisotopic (exact) mass is 571 g/mol. The maximum Gasteiger partial charge on any atom is 0.407 e. The van der Waals surface area contributed by atoms with Crippen LogP contribution in [0.15, 0.2) is 54.6 Å². The lowest BCUT2D eigenvalue weighted by atomic mass is 9.97. The molecule has 9 nitrogen and oxygen atoms in total. The molecular formula is C30H41N3O6S. The van der Waals surface area contributed by atoms with E-state index in [1.165, 1.54) is 16.7 Å². The summed E-state index contributed by atoms with van der Waals surface area (Å²) in [5, 5.41) is 16.9. The molecule has 0 spiro atoms. The smallest absolute Gasteiger partial charge is 0.407 e. The zero-order valence-electron chi connectivity index (χ0n) is 23.7. The van der Waals surface area contributed by atoms with E-state index in [2.05, 4.69) is 10.6 Å². The van der Waals surface area contributed by atoms with Crippen LogP contribution in [-0.4, -0.2) is 76.5 Å². The number of hydrogen-bond donors (Lipinski definition) is 3. The van der Waals surface area contributed by atoms with Gasteiger partial charge in [0.1, 0.15) is 6.04 Å². The minimum Gasteiger partial charge on any atom is -0.449 e. The van der Waals surface area contributed by atoms with Crippen LogP contribution >= 0.6 is 11.8 Å². The van der Waals surface area contributed by atoms with Crippen LogP contribution in [0.3, 0.4) is 0 Å². The highest BCUT2D eigenvalue weighted by atomic mass is 32.2. The van der Waals surface area contributed by atoms with E-state index in [0.29, 0.717) is 26.2 Å². The normalized spacial score (nSPS) is 17.6. The van der Waals surface area contributed by atoms with Crippen molar-refractivity contribution in [2.75, 3.05) is 25.7 Å². The highest BCUT2D eigenvalue weighted by molar-refractivity contribution is 8.00. The molecule has 1 saturated heterocycles. The predicted octanol–water partition coefficient (Wildman–Crippen LogP) is 3.42. The standard InChI is InChI=1S/C30H41N3O6S/c1-5-38-16-11-17-39-29(37)32-24(18-22-13-7-6-8-14-22)25(34)28(36)33-20-40-30(3,4)26(33)27(35)31-19-23-15-10-9-12-21(23)2/h6-10,12-15,24-26,34H,5,11,16-20H2,1-4H3,(H,31,35)(H,32,37). The fraction of sp³-hybridized carbons (Fsp3) is 0.500. The van der Waals surface area contributed by atoms with Crippen LogP contribution in [0.2, 0.25) is 0 Å².